The Morgan fingerprint density at radius 1 is 1.33 bits per heavy atom. The minimum absolute atomic E-state index is 0.119. The summed E-state index contributed by atoms with van der Waals surface area (Å²) >= 11 is 0. The predicted molar refractivity (Wildman–Crippen MR) is 46.2 cm³/mol. The van der Waals surface area contributed by atoms with Gasteiger partial charge in [0.15, 0.2) is 0 Å². The van der Waals surface area contributed by atoms with Crippen LogP contribution in [0, 0.1) is 0 Å². The van der Waals surface area contributed by atoms with Crippen LogP contribution in [0.2, 0.25) is 0 Å². The predicted octanol–water partition coefficient (Wildman–Crippen LogP) is -0.0616. The number of carbonyl (C=O) groups excluding carboxylic acids is 2. The molecule has 0 atom stereocenters. The second-order valence-electron chi connectivity index (χ2n) is 1.96. The van der Waals surface area contributed by atoms with Crippen molar-refractivity contribution in [2.24, 2.45) is 0 Å². The van der Waals surface area contributed by atoms with Crippen molar-refractivity contribution in [3.05, 3.63) is 24.8 Å². The minimum atomic E-state index is -0.309. The van der Waals surface area contributed by atoms with E-state index in [1.807, 2.05) is 0 Å². The summed E-state index contributed by atoms with van der Waals surface area (Å²) in [5.74, 6) is -0.544. The van der Waals surface area contributed by atoms with Gasteiger partial charge in [0, 0.05) is 0 Å². The number of amides is 2. The lowest BCUT2D eigenvalue weighted by Gasteiger charge is -2.01. The molecule has 0 aromatic rings. The van der Waals surface area contributed by atoms with E-state index >= 15 is 0 Å². The standard InChI is InChI=1S/C8H12N2O2/c1-3-5-8(12)10-6-9-7(11)4-2/h3-5H,2,6H2,1H3,(H,9,11)(H,10,12)/b5-3-. The van der Waals surface area contributed by atoms with Crippen LogP contribution in [0.25, 0.3) is 0 Å². The molecule has 0 heterocycles. The van der Waals surface area contributed by atoms with Gasteiger partial charge in [-0.1, -0.05) is 12.7 Å². The Balaban J connectivity index is 3.49. The molecule has 0 aliphatic heterocycles. The van der Waals surface area contributed by atoms with Gasteiger partial charge in [-0.25, -0.2) is 0 Å². The van der Waals surface area contributed by atoms with Crippen LogP contribution in [-0.4, -0.2) is 18.5 Å². The molecule has 0 aromatic heterocycles. The van der Waals surface area contributed by atoms with E-state index in [1.54, 1.807) is 13.0 Å². The molecule has 0 aromatic carbocycles. The molecule has 0 radical (unpaired) electrons. The molecule has 0 unspecified atom stereocenters. The maximum absolute atomic E-state index is 10.7. The highest BCUT2D eigenvalue weighted by Gasteiger charge is 1.94. The zero-order valence-corrected chi connectivity index (χ0v) is 6.96. The van der Waals surface area contributed by atoms with Gasteiger partial charge in [-0.3, -0.25) is 9.59 Å². The molecule has 0 spiro atoms. The van der Waals surface area contributed by atoms with Crippen molar-refractivity contribution in [2.75, 3.05) is 6.67 Å². The van der Waals surface area contributed by atoms with Crippen molar-refractivity contribution < 1.29 is 9.59 Å². The van der Waals surface area contributed by atoms with Gasteiger partial charge in [0.05, 0.1) is 6.67 Å². The summed E-state index contributed by atoms with van der Waals surface area (Å²) in [5, 5.41) is 4.84. The molecule has 4 nitrogen and oxygen atoms in total. The largest absolute Gasteiger partial charge is 0.335 e. The maximum atomic E-state index is 10.7. The lowest BCUT2D eigenvalue weighted by atomic mass is 10.5. The lowest BCUT2D eigenvalue weighted by Crippen LogP contribution is -2.35. The molecule has 12 heavy (non-hydrogen) atoms. The molecular weight excluding hydrogens is 156 g/mol. The van der Waals surface area contributed by atoms with E-state index in [0.717, 1.165) is 6.08 Å². The third-order valence-corrected chi connectivity index (χ3v) is 1.03. The number of nitrogens with one attached hydrogen (secondary N) is 2. The van der Waals surface area contributed by atoms with Crippen molar-refractivity contribution in [2.45, 2.75) is 6.92 Å². The normalized spacial score (nSPS) is 9.42. The molecule has 66 valence electrons. The Labute approximate surface area is 71.3 Å². The van der Waals surface area contributed by atoms with Gasteiger partial charge >= 0.3 is 0 Å². The topological polar surface area (TPSA) is 58.2 Å². The van der Waals surface area contributed by atoms with E-state index < -0.39 is 0 Å². The van der Waals surface area contributed by atoms with E-state index in [-0.39, 0.29) is 18.5 Å². The number of carbonyl (C=O) groups is 2. The summed E-state index contributed by atoms with van der Waals surface area (Å²) in [4.78, 5) is 21.3. The molecule has 2 amide bonds. The highest BCUT2D eigenvalue weighted by atomic mass is 16.2. The summed E-state index contributed by atoms with van der Waals surface area (Å²) in [7, 11) is 0. The van der Waals surface area contributed by atoms with Crippen LogP contribution >= 0.6 is 0 Å². The highest BCUT2D eigenvalue weighted by Crippen LogP contribution is 1.70. The van der Waals surface area contributed by atoms with E-state index in [1.165, 1.54) is 6.08 Å². The number of rotatable bonds is 4. The lowest BCUT2D eigenvalue weighted by molar-refractivity contribution is -0.118. The van der Waals surface area contributed by atoms with Gasteiger partial charge in [0.2, 0.25) is 11.8 Å². The number of hydrogen-bond acceptors (Lipinski definition) is 2. The SMILES string of the molecule is C=CC(=O)NCNC(=O)/C=C\C. The molecule has 0 saturated carbocycles. The monoisotopic (exact) mass is 168 g/mol. The molecule has 0 saturated heterocycles. The molecule has 0 fully saturated rings. The van der Waals surface area contributed by atoms with Crippen molar-refractivity contribution >= 4 is 11.8 Å². The first-order valence-corrected chi connectivity index (χ1v) is 3.51. The summed E-state index contributed by atoms with van der Waals surface area (Å²) < 4.78 is 0. The van der Waals surface area contributed by atoms with Crippen molar-refractivity contribution in [3.63, 3.8) is 0 Å². The third kappa shape index (κ3) is 5.22. The number of allylic oxidation sites excluding steroid dienone is 1. The van der Waals surface area contributed by atoms with Crippen LogP contribution in [0.4, 0.5) is 0 Å². The summed E-state index contributed by atoms with van der Waals surface area (Å²) in [6, 6.07) is 0. The summed E-state index contributed by atoms with van der Waals surface area (Å²) in [5.41, 5.74) is 0. The van der Waals surface area contributed by atoms with Crippen molar-refractivity contribution in [1.82, 2.24) is 10.6 Å². The Morgan fingerprint density at radius 3 is 2.42 bits per heavy atom. The van der Waals surface area contributed by atoms with E-state index in [4.69, 9.17) is 0 Å². The van der Waals surface area contributed by atoms with Crippen LogP contribution in [0.15, 0.2) is 24.8 Å². The first-order valence-electron chi connectivity index (χ1n) is 3.51. The van der Waals surface area contributed by atoms with Gasteiger partial charge in [0.1, 0.15) is 0 Å². The Hall–Kier alpha value is -1.58. The number of hydrogen-bond donors (Lipinski definition) is 2. The third-order valence-electron chi connectivity index (χ3n) is 1.03. The van der Waals surface area contributed by atoms with Gasteiger partial charge < -0.3 is 10.6 Å². The fraction of sp³-hybridized carbons (Fsp3) is 0.250. The maximum Gasteiger partial charge on any atom is 0.245 e. The van der Waals surface area contributed by atoms with Gasteiger partial charge in [0.25, 0.3) is 0 Å². The molecule has 4 heteroatoms. The van der Waals surface area contributed by atoms with Crippen LogP contribution in [0.5, 0.6) is 0 Å². The Morgan fingerprint density at radius 2 is 1.92 bits per heavy atom. The van der Waals surface area contributed by atoms with Gasteiger partial charge in [-0.05, 0) is 19.1 Å². The fourth-order valence-corrected chi connectivity index (χ4v) is 0.501. The second kappa shape index (κ2) is 6.15. The fourth-order valence-electron chi connectivity index (χ4n) is 0.501. The minimum Gasteiger partial charge on any atom is -0.335 e. The van der Waals surface area contributed by atoms with Gasteiger partial charge in [-0.15, -0.1) is 0 Å². The highest BCUT2D eigenvalue weighted by molar-refractivity contribution is 5.89. The van der Waals surface area contributed by atoms with Crippen molar-refractivity contribution in [1.29, 1.82) is 0 Å². The van der Waals surface area contributed by atoms with Crippen LogP contribution in [-0.2, 0) is 9.59 Å². The second-order valence-corrected chi connectivity index (χ2v) is 1.96. The zero-order valence-electron chi connectivity index (χ0n) is 6.96. The van der Waals surface area contributed by atoms with Crippen LogP contribution in [0.3, 0.4) is 0 Å². The quantitative estimate of drug-likeness (QED) is 0.456. The first-order chi connectivity index (χ1) is 5.70. The van der Waals surface area contributed by atoms with Crippen LogP contribution < -0.4 is 10.6 Å². The Bertz CT molecular complexity index is 209. The molecule has 0 aliphatic rings. The van der Waals surface area contributed by atoms with E-state index in [9.17, 15) is 9.59 Å². The van der Waals surface area contributed by atoms with Crippen LogP contribution in [0.1, 0.15) is 6.92 Å². The average molecular weight is 168 g/mol. The average Bonchev–Trinajstić information content (AvgIpc) is 2.04. The zero-order chi connectivity index (χ0) is 9.40. The molecule has 0 aliphatic carbocycles. The molecule has 2 N–H and O–H groups in total. The smallest absolute Gasteiger partial charge is 0.245 e. The Kier molecular flexibility index (Phi) is 5.34. The van der Waals surface area contributed by atoms with Gasteiger partial charge in [-0.2, -0.15) is 0 Å². The van der Waals surface area contributed by atoms with E-state index in [2.05, 4.69) is 17.2 Å². The molecule has 0 bridgehead atoms. The summed E-state index contributed by atoms with van der Waals surface area (Å²) in [6.07, 6.45) is 4.13. The summed E-state index contributed by atoms with van der Waals surface area (Å²) in [6.45, 7) is 5.11. The molecular formula is C8H12N2O2. The first kappa shape index (κ1) is 10.4. The molecule has 0 rings (SSSR count). The van der Waals surface area contributed by atoms with Crippen molar-refractivity contribution in [3.8, 4) is 0 Å². The van der Waals surface area contributed by atoms with E-state index in [0.29, 0.717) is 0 Å².